The van der Waals surface area contributed by atoms with E-state index in [2.05, 4.69) is 27.4 Å². The highest BCUT2D eigenvalue weighted by molar-refractivity contribution is 6.00. The number of rotatable bonds is 3. The molecule has 4 heteroatoms. The average molecular weight is 179 g/mol. The average Bonchev–Trinajstić information content (AvgIpc) is 2.68. The van der Waals surface area contributed by atoms with Gasteiger partial charge in [0.15, 0.2) is 0 Å². The summed E-state index contributed by atoms with van der Waals surface area (Å²) >= 11 is 0. The van der Waals surface area contributed by atoms with E-state index in [9.17, 15) is 0 Å². The molecule has 0 aromatic carbocycles. The zero-order chi connectivity index (χ0) is 9.10. The fourth-order valence-electron chi connectivity index (χ4n) is 1.54. The summed E-state index contributed by atoms with van der Waals surface area (Å²) in [5.74, 6) is 0. The van der Waals surface area contributed by atoms with Crippen LogP contribution in [0, 0.1) is 0 Å². The van der Waals surface area contributed by atoms with Crippen LogP contribution in [0.5, 0.6) is 0 Å². The first-order chi connectivity index (χ1) is 6.42. The van der Waals surface area contributed by atoms with Gasteiger partial charge in [-0.25, -0.2) is 0 Å². The third-order valence-electron chi connectivity index (χ3n) is 2.15. The molecule has 2 N–H and O–H groups in total. The second kappa shape index (κ2) is 3.62. The van der Waals surface area contributed by atoms with E-state index in [4.69, 9.17) is 5.11 Å². The van der Waals surface area contributed by atoms with Crippen LogP contribution in [0.25, 0.3) is 0 Å². The molecule has 1 aliphatic heterocycles. The van der Waals surface area contributed by atoms with Crippen molar-refractivity contribution in [1.29, 1.82) is 0 Å². The second-order valence-corrected chi connectivity index (χ2v) is 3.03. The Hall–Kier alpha value is -1.29. The van der Waals surface area contributed by atoms with Crippen molar-refractivity contribution >= 4 is 5.71 Å². The topological polar surface area (TPSA) is 49.5 Å². The molecule has 0 saturated heterocycles. The lowest BCUT2D eigenvalue weighted by molar-refractivity contribution is 0.293. The number of aliphatic hydroxyl groups is 1. The summed E-state index contributed by atoms with van der Waals surface area (Å²) in [5, 5.41) is 12.8. The van der Waals surface area contributed by atoms with Gasteiger partial charge in [-0.2, -0.15) is 5.10 Å². The third-order valence-corrected chi connectivity index (χ3v) is 2.15. The Balaban J connectivity index is 2.07. The number of aliphatic hydroxyl groups excluding tert-OH is 1. The molecule has 1 aliphatic rings. The molecule has 0 atom stereocenters. The summed E-state index contributed by atoms with van der Waals surface area (Å²) in [7, 11) is 0. The fourth-order valence-corrected chi connectivity index (χ4v) is 1.54. The van der Waals surface area contributed by atoms with Gasteiger partial charge in [0.25, 0.3) is 0 Å². The smallest absolute Gasteiger partial charge is 0.0856 e. The number of nitrogens with zero attached hydrogens (tertiary/aromatic N) is 2. The maximum absolute atomic E-state index is 8.56. The summed E-state index contributed by atoms with van der Waals surface area (Å²) in [5.41, 5.74) is 5.10. The van der Waals surface area contributed by atoms with Crippen LogP contribution in [-0.2, 0) is 6.54 Å². The largest absolute Gasteiger partial charge is 0.394 e. The number of hydrazone groups is 1. The van der Waals surface area contributed by atoms with Gasteiger partial charge in [0.05, 0.1) is 24.6 Å². The molecule has 1 aromatic rings. The van der Waals surface area contributed by atoms with Crippen LogP contribution in [0.1, 0.15) is 12.1 Å². The molecule has 0 bridgehead atoms. The minimum Gasteiger partial charge on any atom is -0.394 e. The lowest BCUT2D eigenvalue weighted by Crippen LogP contribution is -2.14. The number of hydrogen-bond acceptors (Lipinski definition) is 3. The van der Waals surface area contributed by atoms with Crippen molar-refractivity contribution in [3.8, 4) is 0 Å². The maximum atomic E-state index is 8.56. The van der Waals surface area contributed by atoms with Crippen LogP contribution in [0.15, 0.2) is 23.4 Å². The quantitative estimate of drug-likeness (QED) is 0.513. The first kappa shape index (κ1) is 8.31. The summed E-state index contributed by atoms with van der Waals surface area (Å²) in [4.78, 5) is 0. The highest BCUT2D eigenvalue weighted by Crippen LogP contribution is 2.15. The molecule has 1 aromatic heterocycles. The van der Waals surface area contributed by atoms with Crippen LogP contribution >= 0.6 is 0 Å². The number of aromatic nitrogens is 1. The molecule has 70 valence electrons. The first-order valence-electron chi connectivity index (χ1n) is 4.47. The Bertz CT molecular complexity index is 316. The van der Waals surface area contributed by atoms with E-state index in [0.717, 1.165) is 18.7 Å². The third kappa shape index (κ3) is 1.58. The molecule has 0 unspecified atom stereocenters. The van der Waals surface area contributed by atoms with Gasteiger partial charge in [0, 0.05) is 19.2 Å². The summed E-state index contributed by atoms with van der Waals surface area (Å²) in [6.07, 6.45) is 3.04. The van der Waals surface area contributed by atoms with Crippen molar-refractivity contribution in [2.75, 3.05) is 13.2 Å². The van der Waals surface area contributed by atoms with Crippen molar-refractivity contribution in [2.45, 2.75) is 13.0 Å². The van der Waals surface area contributed by atoms with Gasteiger partial charge in [-0.3, -0.25) is 0 Å². The molecule has 13 heavy (non-hydrogen) atoms. The number of fused-ring (bicyclic) bond motifs is 1. The fraction of sp³-hybridized carbons (Fsp3) is 0.444. The van der Waals surface area contributed by atoms with Crippen molar-refractivity contribution < 1.29 is 5.11 Å². The molecule has 4 nitrogen and oxygen atoms in total. The number of nitrogens with one attached hydrogen (secondary N) is 1. The number of aryl methyl sites for hydroxylation is 1. The van der Waals surface area contributed by atoms with Crippen molar-refractivity contribution in [1.82, 2.24) is 9.99 Å². The predicted octanol–water partition coefficient (Wildman–Crippen LogP) is 0.178. The summed E-state index contributed by atoms with van der Waals surface area (Å²) < 4.78 is 2.18. The molecule has 2 rings (SSSR count). The Morgan fingerprint density at radius 3 is 3.38 bits per heavy atom. The van der Waals surface area contributed by atoms with Gasteiger partial charge >= 0.3 is 0 Å². The molecule has 0 amide bonds. The molecule has 0 spiro atoms. The Morgan fingerprint density at radius 2 is 2.54 bits per heavy atom. The van der Waals surface area contributed by atoms with Gasteiger partial charge in [0.1, 0.15) is 0 Å². The standard InChI is InChI=1S/C9H13N3O/c13-7-4-10-11-8-3-6-12-5-1-2-9(8)12/h1-2,5,10,13H,3-4,6-7H2/b11-8-. The molecule has 0 aliphatic carbocycles. The monoisotopic (exact) mass is 179 g/mol. The predicted molar refractivity (Wildman–Crippen MR) is 50.7 cm³/mol. The van der Waals surface area contributed by atoms with Gasteiger partial charge in [-0.05, 0) is 12.1 Å². The normalized spacial score (nSPS) is 17.8. The Morgan fingerprint density at radius 1 is 1.62 bits per heavy atom. The number of hydrogen-bond donors (Lipinski definition) is 2. The molecule has 0 radical (unpaired) electrons. The molecule has 0 saturated carbocycles. The van der Waals surface area contributed by atoms with Crippen molar-refractivity contribution in [2.24, 2.45) is 5.10 Å². The molecule has 2 heterocycles. The van der Waals surface area contributed by atoms with Gasteiger partial charge in [-0.1, -0.05) is 0 Å². The SMILES string of the molecule is OCCN/N=C1/CCn2cccc21. The lowest BCUT2D eigenvalue weighted by Gasteiger charge is -1.98. The van der Waals surface area contributed by atoms with E-state index in [1.54, 1.807) is 0 Å². The van der Waals surface area contributed by atoms with Crippen LogP contribution < -0.4 is 5.43 Å². The minimum atomic E-state index is 0.123. The van der Waals surface area contributed by atoms with E-state index < -0.39 is 0 Å². The highest BCUT2D eigenvalue weighted by Gasteiger charge is 2.15. The van der Waals surface area contributed by atoms with E-state index in [1.807, 2.05) is 6.07 Å². The summed E-state index contributed by atoms with van der Waals surface area (Å²) in [6, 6.07) is 4.09. The van der Waals surface area contributed by atoms with Crippen LogP contribution in [0.4, 0.5) is 0 Å². The Labute approximate surface area is 76.9 Å². The van der Waals surface area contributed by atoms with E-state index in [1.165, 1.54) is 5.69 Å². The summed E-state index contributed by atoms with van der Waals surface area (Å²) in [6.45, 7) is 1.66. The first-order valence-corrected chi connectivity index (χ1v) is 4.47. The van der Waals surface area contributed by atoms with E-state index in [0.29, 0.717) is 6.54 Å². The van der Waals surface area contributed by atoms with Crippen LogP contribution in [0.3, 0.4) is 0 Å². The molecule has 0 fully saturated rings. The van der Waals surface area contributed by atoms with Gasteiger partial charge in [-0.15, -0.1) is 0 Å². The van der Waals surface area contributed by atoms with Crippen molar-refractivity contribution in [3.05, 3.63) is 24.0 Å². The van der Waals surface area contributed by atoms with Crippen LogP contribution in [-0.4, -0.2) is 28.5 Å². The van der Waals surface area contributed by atoms with E-state index >= 15 is 0 Å². The molecular weight excluding hydrogens is 166 g/mol. The zero-order valence-electron chi connectivity index (χ0n) is 7.40. The van der Waals surface area contributed by atoms with Gasteiger partial charge < -0.3 is 15.1 Å². The minimum absolute atomic E-state index is 0.123. The van der Waals surface area contributed by atoms with Crippen molar-refractivity contribution in [3.63, 3.8) is 0 Å². The van der Waals surface area contributed by atoms with E-state index in [-0.39, 0.29) is 6.61 Å². The van der Waals surface area contributed by atoms with Gasteiger partial charge in [0.2, 0.25) is 0 Å². The lowest BCUT2D eigenvalue weighted by atomic mass is 10.2. The van der Waals surface area contributed by atoms with Crippen LogP contribution in [0.2, 0.25) is 0 Å². The Kier molecular flexibility index (Phi) is 2.31. The zero-order valence-corrected chi connectivity index (χ0v) is 7.40. The maximum Gasteiger partial charge on any atom is 0.0856 e. The second-order valence-electron chi connectivity index (χ2n) is 3.03. The molecular formula is C9H13N3O. The highest BCUT2D eigenvalue weighted by atomic mass is 16.3.